The van der Waals surface area contributed by atoms with E-state index in [4.69, 9.17) is 15.2 Å². The van der Waals surface area contributed by atoms with E-state index in [0.717, 1.165) is 11.1 Å². The van der Waals surface area contributed by atoms with Crippen LogP contribution in [0.25, 0.3) is 22.0 Å². The molecule has 2 heterocycles. The van der Waals surface area contributed by atoms with Crippen molar-refractivity contribution in [3.05, 3.63) is 88.9 Å². The minimum absolute atomic E-state index is 0.0299. The zero-order valence-electron chi connectivity index (χ0n) is 25.4. The van der Waals surface area contributed by atoms with Crippen LogP contribution in [-0.2, 0) is 38.8 Å². The van der Waals surface area contributed by atoms with Gasteiger partial charge >= 0.3 is 11.9 Å². The van der Waals surface area contributed by atoms with Crippen LogP contribution in [0.5, 0.6) is 0 Å². The van der Waals surface area contributed by atoms with Crippen molar-refractivity contribution in [1.29, 1.82) is 0 Å². The van der Waals surface area contributed by atoms with Crippen molar-refractivity contribution in [1.82, 2.24) is 14.9 Å². The highest BCUT2D eigenvalue weighted by atomic mass is 19.1. The lowest BCUT2D eigenvalue weighted by molar-refractivity contribution is -0.166. The third-order valence-corrected chi connectivity index (χ3v) is 7.34. The maximum Gasteiger partial charge on any atom is 0.312 e. The van der Waals surface area contributed by atoms with Gasteiger partial charge in [0, 0.05) is 18.5 Å². The van der Waals surface area contributed by atoms with E-state index in [-0.39, 0.29) is 30.6 Å². The molecule has 44 heavy (non-hydrogen) atoms. The molecule has 0 saturated carbocycles. The molecule has 1 aliphatic heterocycles. The van der Waals surface area contributed by atoms with Gasteiger partial charge in [-0.25, -0.2) is 14.4 Å². The SMILES string of the molecule is CC(C)(C)OC(=O)CC(C)(C)C(=O)OCc1ccc(F)cc1-c1ccc2nc(N)nc(C(=O)N3Cc4ccccc4C3)c2c1. The van der Waals surface area contributed by atoms with Gasteiger partial charge in [-0.2, -0.15) is 0 Å². The molecule has 0 saturated heterocycles. The fourth-order valence-electron chi connectivity index (χ4n) is 5.20. The predicted molar refractivity (Wildman–Crippen MR) is 163 cm³/mol. The zero-order chi connectivity index (χ0) is 31.8. The molecule has 0 atom stereocenters. The predicted octanol–water partition coefficient (Wildman–Crippen LogP) is 5.98. The number of halogens is 1. The number of amides is 1. The van der Waals surface area contributed by atoms with Crippen LogP contribution < -0.4 is 5.73 Å². The van der Waals surface area contributed by atoms with Gasteiger partial charge in [0.25, 0.3) is 5.91 Å². The van der Waals surface area contributed by atoms with Gasteiger partial charge in [0.15, 0.2) is 0 Å². The first-order valence-corrected chi connectivity index (χ1v) is 14.3. The molecule has 4 aromatic rings. The lowest BCUT2D eigenvalue weighted by Gasteiger charge is -2.25. The summed E-state index contributed by atoms with van der Waals surface area (Å²) in [6, 6.07) is 17.2. The summed E-state index contributed by atoms with van der Waals surface area (Å²) < 4.78 is 25.5. The molecular formula is C34H35FN4O5. The summed E-state index contributed by atoms with van der Waals surface area (Å²) in [7, 11) is 0. The quantitative estimate of drug-likeness (QED) is 0.258. The Morgan fingerprint density at radius 1 is 0.932 bits per heavy atom. The minimum Gasteiger partial charge on any atom is -0.460 e. The average molecular weight is 599 g/mol. The Labute approximate surface area is 255 Å². The third kappa shape index (κ3) is 6.69. The Balaban J connectivity index is 1.42. The lowest BCUT2D eigenvalue weighted by Crippen LogP contribution is -2.33. The summed E-state index contributed by atoms with van der Waals surface area (Å²) in [5.41, 5.74) is 8.49. The van der Waals surface area contributed by atoms with Crippen LogP contribution in [0.3, 0.4) is 0 Å². The monoisotopic (exact) mass is 598 g/mol. The highest BCUT2D eigenvalue weighted by molar-refractivity contribution is 6.06. The van der Waals surface area contributed by atoms with E-state index < -0.39 is 28.8 Å². The number of carbonyl (C=O) groups excluding carboxylic acids is 3. The number of benzene rings is 3. The third-order valence-electron chi connectivity index (χ3n) is 7.34. The van der Waals surface area contributed by atoms with Crippen molar-refractivity contribution >= 4 is 34.7 Å². The number of hydrogen-bond donors (Lipinski definition) is 1. The van der Waals surface area contributed by atoms with Crippen LogP contribution in [0.2, 0.25) is 0 Å². The number of carbonyl (C=O) groups is 3. The second kappa shape index (κ2) is 11.7. The molecule has 10 heteroatoms. The number of rotatable bonds is 7. The number of nitrogens with zero attached hydrogens (tertiary/aromatic N) is 3. The van der Waals surface area contributed by atoms with E-state index in [9.17, 15) is 18.8 Å². The average Bonchev–Trinajstić information content (AvgIpc) is 3.38. The Hall–Kier alpha value is -4.86. The molecule has 0 radical (unpaired) electrons. The number of ether oxygens (including phenoxy) is 2. The molecule has 1 amide bonds. The van der Waals surface area contributed by atoms with Crippen LogP contribution in [0.1, 0.15) is 68.2 Å². The Kier molecular flexibility index (Phi) is 8.11. The first kappa shape index (κ1) is 30.6. The van der Waals surface area contributed by atoms with Gasteiger partial charge in [-0.15, -0.1) is 0 Å². The molecule has 1 aliphatic rings. The number of anilines is 1. The maximum atomic E-state index is 14.5. The van der Waals surface area contributed by atoms with Gasteiger partial charge in [-0.05, 0) is 86.7 Å². The summed E-state index contributed by atoms with van der Waals surface area (Å²) in [5.74, 6) is -1.92. The van der Waals surface area contributed by atoms with E-state index >= 15 is 0 Å². The molecule has 228 valence electrons. The molecule has 0 bridgehead atoms. The second-order valence-electron chi connectivity index (χ2n) is 12.6. The van der Waals surface area contributed by atoms with Crippen molar-refractivity contribution in [2.45, 2.75) is 66.3 Å². The number of hydrogen-bond acceptors (Lipinski definition) is 8. The van der Waals surface area contributed by atoms with E-state index in [1.54, 1.807) is 57.7 Å². The summed E-state index contributed by atoms with van der Waals surface area (Å²) in [4.78, 5) is 49.4. The fourth-order valence-corrected chi connectivity index (χ4v) is 5.20. The molecule has 1 aromatic heterocycles. The Morgan fingerprint density at radius 2 is 1.61 bits per heavy atom. The van der Waals surface area contributed by atoms with E-state index in [1.807, 2.05) is 24.3 Å². The number of nitrogens with two attached hydrogens (primary N) is 1. The van der Waals surface area contributed by atoms with Crippen molar-refractivity contribution in [2.75, 3.05) is 5.73 Å². The molecule has 2 N–H and O–H groups in total. The smallest absolute Gasteiger partial charge is 0.312 e. The second-order valence-corrected chi connectivity index (χ2v) is 12.6. The first-order chi connectivity index (χ1) is 20.7. The largest absolute Gasteiger partial charge is 0.460 e. The molecule has 3 aromatic carbocycles. The van der Waals surface area contributed by atoms with Crippen molar-refractivity contribution in [3.8, 4) is 11.1 Å². The molecule has 5 rings (SSSR count). The lowest BCUT2D eigenvalue weighted by atomic mass is 9.89. The number of aromatic nitrogens is 2. The van der Waals surface area contributed by atoms with E-state index in [2.05, 4.69) is 9.97 Å². The standard InChI is InChI=1S/C34H35FN4O5/c1-33(2,3)44-28(40)16-34(4,5)31(42)43-19-23-10-12-24(35)15-25(23)20-11-13-27-26(14-20)29(38-32(36)37-27)30(41)39-17-21-8-6-7-9-22(21)18-39/h6-15H,16-19H2,1-5H3,(H2,36,37,38). The highest BCUT2D eigenvalue weighted by Crippen LogP contribution is 2.32. The van der Waals surface area contributed by atoms with Gasteiger partial charge in [0.05, 0.1) is 17.4 Å². The summed E-state index contributed by atoms with van der Waals surface area (Å²) >= 11 is 0. The zero-order valence-corrected chi connectivity index (χ0v) is 25.4. The molecule has 9 nitrogen and oxygen atoms in total. The van der Waals surface area contributed by atoms with E-state index in [0.29, 0.717) is 40.7 Å². The first-order valence-electron chi connectivity index (χ1n) is 14.3. The summed E-state index contributed by atoms with van der Waals surface area (Å²) in [6.45, 7) is 9.21. The van der Waals surface area contributed by atoms with Crippen LogP contribution in [0.15, 0.2) is 60.7 Å². The van der Waals surface area contributed by atoms with Crippen molar-refractivity contribution in [3.63, 3.8) is 0 Å². The summed E-state index contributed by atoms with van der Waals surface area (Å²) in [5, 5.41) is 0.461. The van der Waals surface area contributed by atoms with Crippen LogP contribution >= 0.6 is 0 Å². The number of esters is 2. The molecular weight excluding hydrogens is 563 g/mol. The molecule has 0 fully saturated rings. The van der Waals surface area contributed by atoms with Crippen LogP contribution in [-0.4, -0.2) is 38.3 Å². The maximum absolute atomic E-state index is 14.5. The molecule has 0 aliphatic carbocycles. The highest BCUT2D eigenvalue weighted by Gasteiger charge is 2.34. The number of fused-ring (bicyclic) bond motifs is 2. The minimum atomic E-state index is -1.15. The van der Waals surface area contributed by atoms with Crippen molar-refractivity contribution < 1.29 is 28.2 Å². The van der Waals surface area contributed by atoms with Gasteiger partial charge in [-0.3, -0.25) is 14.4 Å². The van der Waals surface area contributed by atoms with Gasteiger partial charge in [0.1, 0.15) is 23.7 Å². The Morgan fingerprint density at radius 3 is 2.27 bits per heavy atom. The topological polar surface area (TPSA) is 125 Å². The Bertz CT molecular complexity index is 1750. The van der Waals surface area contributed by atoms with Gasteiger partial charge in [-0.1, -0.05) is 36.4 Å². The normalized spacial score (nSPS) is 13.1. The van der Waals surface area contributed by atoms with Crippen molar-refractivity contribution in [2.24, 2.45) is 5.41 Å². The molecule has 0 unspecified atom stereocenters. The van der Waals surface area contributed by atoms with Gasteiger partial charge in [0.2, 0.25) is 5.95 Å². The molecule has 0 spiro atoms. The van der Waals surface area contributed by atoms with Gasteiger partial charge < -0.3 is 20.1 Å². The van der Waals surface area contributed by atoms with E-state index in [1.165, 1.54) is 18.2 Å². The van der Waals surface area contributed by atoms with Crippen LogP contribution in [0, 0.1) is 11.2 Å². The fraction of sp³-hybridized carbons (Fsp3) is 0.324. The van der Waals surface area contributed by atoms with Crippen LogP contribution in [0.4, 0.5) is 10.3 Å². The summed E-state index contributed by atoms with van der Waals surface area (Å²) in [6.07, 6.45) is -0.161. The number of nitrogen functional groups attached to an aromatic ring is 1.